The molecule has 0 bridgehead atoms. The van der Waals surface area contributed by atoms with Crippen LogP contribution < -0.4 is 15.5 Å². The summed E-state index contributed by atoms with van der Waals surface area (Å²) in [5, 5.41) is 5.89. The number of carbonyl (C=O) groups excluding carboxylic acids is 1. The Labute approximate surface area is 106 Å². The van der Waals surface area contributed by atoms with Crippen LogP contribution in [0.2, 0.25) is 0 Å². The van der Waals surface area contributed by atoms with Gasteiger partial charge in [-0.1, -0.05) is 6.07 Å². The van der Waals surface area contributed by atoms with Crippen molar-refractivity contribution >= 4 is 11.6 Å². The van der Waals surface area contributed by atoms with E-state index >= 15 is 0 Å². The first-order chi connectivity index (χ1) is 8.72. The van der Waals surface area contributed by atoms with Crippen LogP contribution in [0, 0.1) is 5.82 Å². The summed E-state index contributed by atoms with van der Waals surface area (Å²) in [4.78, 5) is 13.9. The molecule has 0 saturated carbocycles. The topological polar surface area (TPSA) is 44.4 Å². The second kappa shape index (κ2) is 5.82. The third kappa shape index (κ3) is 2.79. The van der Waals surface area contributed by atoms with Crippen molar-refractivity contribution in [1.82, 2.24) is 10.6 Å². The van der Waals surface area contributed by atoms with Gasteiger partial charge >= 0.3 is 0 Å². The molecule has 2 rings (SSSR count). The van der Waals surface area contributed by atoms with Gasteiger partial charge in [0, 0.05) is 18.8 Å². The molecule has 1 unspecified atom stereocenters. The van der Waals surface area contributed by atoms with Gasteiger partial charge in [-0.15, -0.1) is 0 Å². The number of rotatable bonds is 4. The van der Waals surface area contributed by atoms with Crippen LogP contribution in [-0.2, 0) is 4.79 Å². The average molecular weight is 251 g/mol. The number of amides is 1. The summed E-state index contributed by atoms with van der Waals surface area (Å²) in [6.07, 6.45) is 0.707. The maximum absolute atomic E-state index is 13.3. The van der Waals surface area contributed by atoms with Crippen molar-refractivity contribution in [3.8, 4) is 0 Å². The second-order valence-corrected chi connectivity index (χ2v) is 4.37. The third-order valence-electron chi connectivity index (χ3n) is 3.14. The Bertz CT molecular complexity index is 424. The summed E-state index contributed by atoms with van der Waals surface area (Å²) in [5.41, 5.74) is 0.769. The van der Waals surface area contributed by atoms with Crippen molar-refractivity contribution in [2.75, 3.05) is 31.6 Å². The molecule has 1 atom stereocenters. The number of carbonyl (C=O) groups is 1. The Balaban J connectivity index is 2.19. The fourth-order valence-electron chi connectivity index (χ4n) is 2.25. The van der Waals surface area contributed by atoms with Crippen LogP contribution in [0.25, 0.3) is 0 Å². The molecule has 0 aliphatic carbocycles. The summed E-state index contributed by atoms with van der Waals surface area (Å²) in [6.45, 7) is 2.07. The Hall–Kier alpha value is -1.62. The standard InChI is InChI=1S/C13H18FN3O/c1-15-6-5-12-13(18)16-7-8-17(12)11-4-2-3-10(14)9-11/h2-4,9,12,15H,5-8H2,1H3,(H,16,18). The quantitative estimate of drug-likeness (QED) is 0.829. The summed E-state index contributed by atoms with van der Waals surface area (Å²) in [6, 6.07) is 6.18. The van der Waals surface area contributed by atoms with Gasteiger partial charge in [0.15, 0.2) is 0 Å². The first-order valence-electron chi connectivity index (χ1n) is 6.17. The molecule has 1 saturated heterocycles. The average Bonchev–Trinajstić information content (AvgIpc) is 2.37. The van der Waals surface area contributed by atoms with Gasteiger partial charge in [-0.3, -0.25) is 4.79 Å². The van der Waals surface area contributed by atoms with E-state index in [0.29, 0.717) is 19.5 Å². The summed E-state index contributed by atoms with van der Waals surface area (Å²) < 4.78 is 13.3. The third-order valence-corrected chi connectivity index (χ3v) is 3.14. The molecular weight excluding hydrogens is 233 g/mol. The Morgan fingerprint density at radius 3 is 3.11 bits per heavy atom. The molecule has 1 aromatic rings. The smallest absolute Gasteiger partial charge is 0.242 e. The molecule has 5 heteroatoms. The molecule has 2 N–H and O–H groups in total. The van der Waals surface area contributed by atoms with E-state index in [2.05, 4.69) is 10.6 Å². The van der Waals surface area contributed by atoms with Crippen molar-refractivity contribution in [1.29, 1.82) is 0 Å². The van der Waals surface area contributed by atoms with Gasteiger partial charge in [0.2, 0.25) is 5.91 Å². The van der Waals surface area contributed by atoms with Crippen molar-refractivity contribution in [2.45, 2.75) is 12.5 Å². The van der Waals surface area contributed by atoms with E-state index in [1.54, 1.807) is 6.07 Å². The number of hydrogen-bond donors (Lipinski definition) is 2. The zero-order chi connectivity index (χ0) is 13.0. The molecule has 1 aliphatic heterocycles. The molecule has 0 radical (unpaired) electrons. The van der Waals surface area contributed by atoms with Crippen LogP contribution in [0.4, 0.5) is 10.1 Å². The lowest BCUT2D eigenvalue weighted by atomic mass is 10.1. The summed E-state index contributed by atoms with van der Waals surface area (Å²) in [7, 11) is 1.85. The van der Waals surface area contributed by atoms with E-state index in [1.807, 2.05) is 18.0 Å². The van der Waals surface area contributed by atoms with E-state index in [-0.39, 0.29) is 17.8 Å². The predicted octanol–water partition coefficient (Wildman–Crippen LogP) is 0.740. The van der Waals surface area contributed by atoms with Gasteiger partial charge in [0.05, 0.1) is 0 Å². The van der Waals surface area contributed by atoms with Crippen molar-refractivity contribution in [3.63, 3.8) is 0 Å². The van der Waals surface area contributed by atoms with Gasteiger partial charge < -0.3 is 15.5 Å². The van der Waals surface area contributed by atoms with Gasteiger partial charge in [-0.2, -0.15) is 0 Å². The highest BCUT2D eigenvalue weighted by Gasteiger charge is 2.29. The van der Waals surface area contributed by atoms with Gasteiger partial charge in [0.25, 0.3) is 0 Å². The van der Waals surface area contributed by atoms with Crippen LogP contribution in [-0.4, -0.2) is 38.6 Å². The number of hydrogen-bond acceptors (Lipinski definition) is 3. The zero-order valence-corrected chi connectivity index (χ0v) is 10.4. The molecule has 1 amide bonds. The SMILES string of the molecule is CNCCC1C(=O)NCCN1c1cccc(F)c1. The molecule has 1 aliphatic rings. The molecular formula is C13H18FN3O. The summed E-state index contributed by atoms with van der Waals surface area (Å²) in [5.74, 6) is -0.258. The van der Waals surface area contributed by atoms with Crippen LogP contribution >= 0.6 is 0 Å². The van der Waals surface area contributed by atoms with Gasteiger partial charge in [-0.05, 0) is 38.2 Å². The van der Waals surface area contributed by atoms with E-state index < -0.39 is 0 Å². The highest BCUT2D eigenvalue weighted by atomic mass is 19.1. The van der Waals surface area contributed by atoms with E-state index in [0.717, 1.165) is 12.2 Å². The minimum absolute atomic E-state index is 0.0146. The molecule has 0 spiro atoms. The van der Waals surface area contributed by atoms with E-state index in [9.17, 15) is 9.18 Å². The van der Waals surface area contributed by atoms with E-state index in [1.165, 1.54) is 12.1 Å². The minimum atomic E-state index is -0.272. The molecule has 1 fully saturated rings. The molecule has 18 heavy (non-hydrogen) atoms. The number of halogens is 1. The molecule has 1 heterocycles. The van der Waals surface area contributed by atoms with Crippen LogP contribution in [0.1, 0.15) is 6.42 Å². The highest BCUT2D eigenvalue weighted by Crippen LogP contribution is 2.21. The fraction of sp³-hybridized carbons (Fsp3) is 0.462. The van der Waals surface area contributed by atoms with Crippen LogP contribution in [0.5, 0.6) is 0 Å². The number of benzene rings is 1. The molecule has 1 aromatic carbocycles. The summed E-state index contributed by atoms with van der Waals surface area (Å²) >= 11 is 0. The minimum Gasteiger partial charge on any atom is -0.358 e. The lowest BCUT2D eigenvalue weighted by molar-refractivity contribution is -0.123. The van der Waals surface area contributed by atoms with Gasteiger partial charge in [-0.25, -0.2) is 4.39 Å². The normalized spacial score (nSPS) is 19.8. The predicted molar refractivity (Wildman–Crippen MR) is 69.1 cm³/mol. The van der Waals surface area contributed by atoms with Crippen LogP contribution in [0.3, 0.4) is 0 Å². The largest absolute Gasteiger partial charge is 0.358 e. The maximum atomic E-state index is 13.3. The number of nitrogens with one attached hydrogen (secondary N) is 2. The lowest BCUT2D eigenvalue weighted by Crippen LogP contribution is -2.56. The fourth-order valence-corrected chi connectivity index (χ4v) is 2.25. The number of anilines is 1. The monoisotopic (exact) mass is 251 g/mol. The Morgan fingerprint density at radius 2 is 2.39 bits per heavy atom. The first kappa shape index (κ1) is 12.8. The Kier molecular flexibility index (Phi) is 4.15. The zero-order valence-electron chi connectivity index (χ0n) is 10.4. The first-order valence-corrected chi connectivity index (χ1v) is 6.17. The Morgan fingerprint density at radius 1 is 1.56 bits per heavy atom. The molecule has 98 valence electrons. The van der Waals surface area contributed by atoms with Crippen molar-refractivity contribution < 1.29 is 9.18 Å². The van der Waals surface area contributed by atoms with Gasteiger partial charge in [0.1, 0.15) is 11.9 Å². The highest BCUT2D eigenvalue weighted by molar-refractivity contribution is 5.86. The maximum Gasteiger partial charge on any atom is 0.242 e. The second-order valence-electron chi connectivity index (χ2n) is 4.37. The number of nitrogens with zero attached hydrogens (tertiary/aromatic N) is 1. The van der Waals surface area contributed by atoms with Crippen LogP contribution in [0.15, 0.2) is 24.3 Å². The molecule has 0 aromatic heterocycles. The number of piperazine rings is 1. The van der Waals surface area contributed by atoms with Crippen molar-refractivity contribution in [3.05, 3.63) is 30.1 Å². The van der Waals surface area contributed by atoms with E-state index in [4.69, 9.17) is 0 Å². The van der Waals surface area contributed by atoms with Crippen molar-refractivity contribution in [2.24, 2.45) is 0 Å². The molecule has 4 nitrogen and oxygen atoms in total. The lowest BCUT2D eigenvalue weighted by Gasteiger charge is -2.36.